The predicted molar refractivity (Wildman–Crippen MR) is 80.4 cm³/mol. The lowest BCUT2D eigenvalue weighted by Crippen LogP contribution is -2.14. The third kappa shape index (κ3) is 3.02. The van der Waals surface area contributed by atoms with E-state index in [2.05, 4.69) is 9.71 Å². The number of benzene rings is 1. The molecular weight excluding hydrogens is 298 g/mol. The number of nitrogen functional groups attached to an aromatic ring is 1. The summed E-state index contributed by atoms with van der Waals surface area (Å²) in [4.78, 5) is 3.94. The van der Waals surface area contributed by atoms with Crippen LogP contribution in [0.25, 0.3) is 0 Å². The molecular formula is C13H14ClN3O2S. The van der Waals surface area contributed by atoms with Gasteiger partial charge in [0.25, 0.3) is 10.0 Å². The molecule has 0 unspecified atom stereocenters. The van der Waals surface area contributed by atoms with E-state index in [4.69, 9.17) is 17.3 Å². The highest BCUT2D eigenvalue weighted by atomic mass is 35.5. The molecule has 0 saturated carbocycles. The van der Waals surface area contributed by atoms with E-state index in [9.17, 15) is 8.42 Å². The first-order valence-electron chi connectivity index (χ1n) is 5.81. The van der Waals surface area contributed by atoms with Gasteiger partial charge in [0.15, 0.2) is 0 Å². The van der Waals surface area contributed by atoms with Gasteiger partial charge < -0.3 is 5.73 Å². The number of nitrogens with two attached hydrogens (primary N) is 1. The van der Waals surface area contributed by atoms with Crippen molar-refractivity contribution in [3.8, 4) is 0 Å². The van der Waals surface area contributed by atoms with Gasteiger partial charge in [-0.05, 0) is 49.2 Å². The number of aromatic nitrogens is 1. The highest BCUT2D eigenvalue weighted by Crippen LogP contribution is 2.23. The van der Waals surface area contributed by atoms with Crippen LogP contribution in [0.4, 0.5) is 11.4 Å². The van der Waals surface area contributed by atoms with E-state index in [1.54, 1.807) is 6.07 Å². The summed E-state index contributed by atoms with van der Waals surface area (Å²) in [5.41, 5.74) is 8.28. The zero-order valence-electron chi connectivity index (χ0n) is 11.0. The third-order valence-electron chi connectivity index (χ3n) is 2.97. The fourth-order valence-electron chi connectivity index (χ4n) is 1.66. The van der Waals surface area contributed by atoms with Crippen LogP contribution in [0.15, 0.2) is 35.4 Å². The highest BCUT2D eigenvalue weighted by Gasteiger charge is 2.16. The van der Waals surface area contributed by atoms with Crippen molar-refractivity contribution in [1.29, 1.82) is 0 Å². The first kappa shape index (κ1) is 14.6. The lowest BCUT2D eigenvalue weighted by molar-refractivity contribution is 0.601. The zero-order valence-corrected chi connectivity index (χ0v) is 12.6. The summed E-state index contributed by atoms with van der Waals surface area (Å²) in [6.45, 7) is 3.66. The van der Waals surface area contributed by atoms with E-state index in [0.717, 1.165) is 11.1 Å². The molecule has 0 bridgehead atoms. The number of anilines is 2. The molecule has 7 heteroatoms. The van der Waals surface area contributed by atoms with Gasteiger partial charge in [-0.15, -0.1) is 0 Å². The van der Waals surface area contributed by atoms with Gasteiger partial charge in [0, 0.05) is 5.69 Å². The van der Waals surface area contributed by atoms with E-state index >= 15 is 0 Å². The number of rotatable bonds is 3. The van der Waals surface area contributed by atoms with E-state index < -0.39 is 10.0 Å². The number of hydrogen-bond donors (Lipinski definition) is 2. The smallest absolute Gasteiger partial charge is 0.262 e. The number of sulfonamides is 1. The molecule has 0 atom stereocenters. The van der Waals surface area contributed by atoms with Crippen molar-refractivity contribution in [2.75, 3.05) is 10.5 Å². The molecule has 0 amide bonds. The second-order valence-electron chi connectivity index (χ2n) is 4.43. The van der Waals surface area contributed by atoms with Crippen molar-refractivity contribution in [2.45, 2.75) is 18.7 Å². The highest BCUT2D eigenvalue weighted by molar-refractivity contribution is 7.92. The quantitative estimate of drug-likeness (QED) is 0.674. The van der Waals surface area contributed by atoms with Gasteiger partial charge >= 0.3 is 0 Å². The molecule has 0 radical (unpaired) electrons. The minimum absolute atomic E-state index is 0.119. The Kier molecular flexibility index (Phi) is 3.87. The Hall–Kier alpha value is -1.79. The van der Waals surface area contributed by atoms with Gasteiger partial charge in [-0.2, -0.15) is 0 Å². The number of halogens is 1. The molecule has 20 heavy (non-hydrogen) atoms. The van der Waals surface area contributed by atoms with Gasteiger partial charge in [-0.1, -0.05) is 11.6 Å². The van der Waals surface area contributed by atoms with Crippen LogP contribution in [0.3, 0.4) is 0 Å². The van der Waals surface area contributed by atoms with Crippen LogP contribution in [0.5, 0.6) is 0 Å². The van der Waals surface area contributed by atoms with E-state index in [0.29, 0.717) is 16.5 Å². The minimum Gasteiger partial charge on any atom is -0.398 e. The average Bonchev–Trinajstić information content (AvgIpc) is 2.38. The van der Waals surface area contributed by atoms with Crippen molar-refractivity contribution in [3.05, 3.63) is 46.7 Å². The van der Waals surface area contributed by atoms with Crippen molar-refractivity contribution in [1.82, 2.24) is 4.98 Å². The SMILES string of the molecule is Cc1cc(S(=O)(=O)Nc2ccc(Cl)nc2)cc(N)c1C. The summed E-state index contributed by atoms with van der Waals surface area (Å²) < 4.78 is 27.0. The second kappa shape index (κ2) is 5.30. The molecule has 1 aromatic carbocycles. The molecule has 1 aromatic heterocycles. The van der Waals surface area contributed by atoms with Gasteiger partial charge in [0.2, 0.25) is 0 Å². The van der Waals surface area contributed by atoms with Gasteiger partial charge in [-0.3, -0.25) is 4.72 Å². The number of pyridine rings is 1. The van der Waals surface area contributed by atoms with Crippen molar-refractivity contribution < 1.29 is 8.42 Å². The lowest BCUT2D eigenvalue weighted by atomic mass is 10.1. The first-order valence-corrected chi connectivity index (χ1v) is 7.67. The van der Waals surface area contributed by atoms with Gasteiger partial charge in [0.05, 0.1) is 16.8 Å². The van der Waals surface area contributed by atoms with Crippen LogP contribution in [-0.2, 0) is 10.0 Å². The number of nitrogens with one attached hydrogen (secondary N) is 1. The molecule has 0 fully saturated rings. The Morgan fingerprint density at radius 1 is 1.25 bits per heavy atom. The molecule has 0 saturated heterocycles. The molecule has 2 rings (SSSR count). The molecule has 0 aliphatic heterocycles. The van der Waals surface area contributed by atoms with Crippen LogP contribution in [0, 0.1) is 13.8 Å². The third-order valence-corrected chi connectivity index (χ3v) is 4.56. The van der Waals surface area contributed by atoms with Crippen LogP contribution < -0.4 is 10.5 Å². The Labute approximate surface area is 122 Å². The molecule has 3 N–H and O–H groups in total. The first-order chi connectivity index (χ1) is 9.29. The molecule has 0 aliphatic carbocycles. The van der Waals surface area contributed by atoms with E-state index in [-0.39, 0.29) is 4.90 Å². The summed E-state index contributed by atoms with van der Waals surface area (Å²) in [5.74, 6) is 0. The monoisotopic (exact) mass is 311 g/mol. The Morgan fingerprint density at radius 2 is 1.95 bits per heavy atom. The molecule has 0 aliphatic rings. The molecule has 106 valence electrons. The zero-order chi connectivity index (χ0) is 14.9. The summed E-state index contributed by atoms with van der Waals surface area (Å²) in [5, 5.41) is 0.295. The Balaban J connectivity index is 2.38. The Bertz CT molecular complexity index is 720. The molecule has 0 spiro atoms. The van der Waals surface area contributed by atoms with Gasteiger partial charge in [-0.25, -0.2) is 13.4 Å². The predicted octanol–water partition coefficient (Wildman–Crippen LogP) is 2.73. The standard InChI is InChI=1S/C13H14ClN3O2S/c1-8-5-11(6-12(15)9(8)2)20(18,19)17-10-3-4-13(14)16-7-10/h3-7,17H,15H2,1-2H3. The summed E-state index contributed by atoms with van der Waals surface area (Å²) in [6.07, 6.45) is 1.35. The maximum Gasteiger partial charge on any atom is 0.262 e. The average molecular weight is 312 g/mol. The van der Waals surface area contributed by atoms with Crippen molar-refractivity contribution in [3.63, 3.8) is 0 Å². The normalized spacial score (nSPS) is 11.3. The maximum atomic E-state index is 12.3. The van der Waals surface area contributed by atoms with E-state index in [1.165, 1.54) is 24.4 Å². The molecule has 5 nitrogen and oxygen atoms in total. The fourth-order valence-corrected chi connectivity index (χ4v) is 2.93. The molecule has 2 aromatic rings. The number of nitrogens with zero attached hydrogens (tertiary/aromatic N) is 1. The van der Waals surface area contributed by atoms with Crippen molar-refractivity contribution >= 4 is 33.0 Å². The van der Waals surface area contributed by atoms with Crippen LogP contribution in [-0.4, -0.2) is 13.4 Å². The summed E-state index contributed by atoms with van der Waals surface area (Å²) >= 11 is 5.65. The number of hydrogen-bond acceptors (Lipinski definition) is 4. The van der Waals surface area contributed by atoms with Crippen LogP contribution in [0.1, 0.15) is 11.1 Å². The largest absolute Gasteiger partial charge is 0.398 e. The Morgan fingerprint density at radius 3 is 2.50 bits per heavy atom. The van der Waals surface area contributed by atoms with E-state index in [1.807, 2.05) is 13.8 Å². The van der Waals surface area contributed by atoms with Crippen molar-refractivity contribution in [2.24, 2.45) is 0 Å². The topological polar surface area (TPSA) is 85.1 Å². The maximum absolute atomic E-state index is 12.3. The fraction of sp³-hybridized carbons (Fsp3) is 0.154. The second-order valence-corrected chi connectivity index (χ2v) is 6.50. The summed E-state index contributed by atoms with van der Waals surface area (Å²) in [7, 11) is -3.70. The lowest BCUT2D eigenvalue weighted by Gasteiger charge is -2.11. The number of aryl methyl sites for hydroxylation is 1. The summed E-state index contributed by atoms with van der Waals surface area (Å²) in [6, 6.07) is 6.07. The van der Waals surface area contributed by atoms with Crippen LogP contribution in [0.2, 0.25) is 5.15 Å². The minimum atomic E-state index is -3.70. The van der Waals surface area contributed by atoms with Gasteiger partial charge in [0.1, 0.15) is 5.15 Å². The van der Waals surface area contributed by atoms with Crippen LogP contribution >= 0.6 is 11.6 Å². The molecule has 1 heterocycles.